The molecule has 1 aliphatic carbocycles. The molecule has 1 aromatic carbocycles. The number of nitrogens with zero attached hydrogens (tertiary/aromatic N) is 1. The summed E-state index contributed by atoms with van der Waals surface area (Å²) in [7, 11) is 0. The molecule has 0 fully saturated rings. The topological polar surface area (TPSA) is 89.4 Å². The number of hydrogen-bond donors (Lipinski definition) is 2. The van der Waals surface area contributed by atoms with Crippen LogP contribution in [-0.2, 0) is 16.1 Å². The number of rotatable bonds is 6. The Hall–Kier alpha value is -2.14. The van der Waals surface area contributed by atoms with E-state index in [-0.39, 0.29) is 24.3 Å². The molecule has 0 saturated carbocycles. The lowest BCUT2D eigenvalue weighted by Gasteiger charge is -2.25. The lowest BCUT2D eigenvalue weighted by atomic mass is 10.1. The average Bonchev–Trinajstić information content (AvgIpc) is 2.90. The van der Waals surface area contributed by atoms with Crippen LogP contribution < -0.4 is 11.5 Å². The summed E-state index contributed by atoms with van der Waals surface area (Å²) in [6.07, 6.45) is 4.51. The summed E-state index contributed by atoms with van der Waals surface area (Å²) in [5.41, 5.74) is 12.0. The first-order valence-corrected chi connectivity index (χ1v) is 7.11. The minimum absolute atomic E-state index is 0.00398. The number of hydrogen-bond acceptors (Lipinski definition) is 3. The molecular formula is C16H21N3O2. The number of carbonyl (C=O) groups excluding carboxylic acids is 2. The molecule has 0 saturated heterocycles. The van der Waals surface area contributed by atoms with Crippen LogP contribution in [0.2, 0.25) is 0 Å². The first-order chi connectivity index (χ1) is 10.1. The van der Waals surface area contributed by atoms with Gasteiger partial charge in [-0.3, -0.25) is 9.59 Å². The molecule has 21 heavy (non-hydrogen) atoms. The molecular weight excluding hydrogens is 266 g/mol. The van der Waals surface area contributed by atoms with Crippen molar-refractivity contribution in [3.63, 3.8) is 0 Å². The molecule has 1 aliphatic rings. The maximum absolute atomic E-state index is 12.6. The van der Waals surface area contributed by atoms with Gasteiger partial charge in [0.2, 0.25) is 11.8 Å². The molecule has 1 aromatic rings. The van der Waals surface area contributed by atoms with Crippen molar-refractivity contribution in [2.75, 3.05) is 6.54 Å². The van der Waals surface area contributed by atoms with E-state index in [0.717, 1.165) is 5.56 Å². The SMILES string of the molecule is NC(=O)CCN(Cc1ccccc1)C(=O)C1C=CC(N)C1. The lowest BCUT2D eigenvalue weighted by Crippen LogP contribution is -2.37. The molecule has 0 heterocycles. The highest BCUT2D eigenvalue weighted by Gasteiger charge is 2.27. The summed E-state index contributed by atoms with van der Waals surface area (Å²) >= 11 is 0. The van der Waals surface area contributed by atoms with E-state index in [1.165, 1.54) is 0 Å². The molecule has 0 spiro atoms. The molecule has 2 rings (SSSR count). The van der Waals surface area contributed by atoms with Crippen LogP contribution >= 0.6 is 0 Å². The van der Waals surface area contributed by atoms with Gasteiger partial charge in [0.25, 0.3) is 0 Å². The Kier molecular flexibility index (Phi) is 5.11. The largest absolute Gasteiger partial charge is 0.370 e. The molecule has 4 N–H and O–H groups in total. The predicted molar refractivity (Wildman–Crippen MR) is 80.9 cm³/mol. The summed E-state index contributed by atoms with van der Waals surface area (Å²) < 4.78 is 0. The van der Waals surface area contributed by atoms with Crippen LogP contribution in [-0.4, -0.2) is 29.3 Å². The predicted octanol–water partition coefficient (Wildman–Crippen LogP) is 0.794. The Morgan fingerprint density at radius 3 is 2.48 bits per heavy atom. The highest BCUT2D eigenvalue weighted by Crippen LogP contribution is 2.20. The van der Waals surface area contributed by atoms with Crippen molar-refractivity contribution in [2.45, 2.75) is 25.4 Å². The molecule has 0 aliphatic heterocycles. The fourth-order valence-corrected chi connectivity index (χ4v) is 2.46. The number of carbonyl (C=O) groups is 2. The summed E-state index contributed by atoms with van der Waals surface area (Å²) in [6.45, 7) is 0.815. The van der Waals surface area contributed by atoms with Gasteiger partial charge < -0.3 is 16.4 Å². The Morgan fingerprint density at radius 1 is 1.19 bits per heavy atom. The van der Waals surface area contributed by atoms with Gasteiger partial charge in [-0.1, -0.05) is 42.5 Å². The number of nitrogens with two attached hydrogens (primary N) is 2. The average molecular weight is 287 g/mol. The van der Waals surface area contributed by atoms with Gasteiger partial charge in [0, 0.05) is 25.6 Å². The zero-order chi connectivity index (χ0) is 15.2. The standard InChI is InChI=1S/C16H21N3O2/c17-14-7-6-13(10-14)16(21)19(9-8-15(18)20)11-12-4-2-1-3-5-12/h1-7,13-14H,8-11,17H2,(H2,18,20). The molecule has 112 valence electrons. The fraction of sp³-hybridized carbons (Fsp3) is 0.375. The first kappa shape index (κ1) is 15.3. The Balaban J connectivity index is 2.06. The van der Waals surface area contributed by atoms with E-state index in [9.17, 15) is 9.59 Å². The van der Waals surface area contributed by atoms with Crippen molar-refractivity contribution in [1.82, 2.24) is 4.90 Å². The highest BCUT2D eigenvalue weighted by molar-refractivity contribution is 5.82. The summed E-state index contributed by atoms with van der Waals surface area (Å²) in [5.74, 6) is -0.597. The number of benzene rings is 1. The van der Waals surface area contributed by atoms with E-state index in [0.29, 0.717) is 19.5 Å². The molecule has 0 radical (unpaired) electrons. The van der Waals surface area contributed by atoms with Crippen molar-refractivity contribution in [2.24, 2.45) is 17.4 Å². The quantitative estimate of drug-likeness (QED) is 0.758. The zero-order valence-electron chi connectivity index (χ0n) is 11.9. The van der Waals surface area contributed by atoms with E-state index in [4.69, 9.17) is 11.5 Å². The number of amides is 2. The van der Waals surface area contributed by atoms with Crippen LogP contribution in [0.25, 0.3) is 0 Å². The molecule has 0 aromatic heterocycles. The summed E-state index contributed by atoms with van der Waals surface area (Å²) in [6, 6.07) is 9.64. The maximum Gasteiger partial charge on any atom is 0.229 e. The minimum Gasteiger partial charge on any atom is -0.370 e. The van der Waals surface area contributed by atoms with E-state index in [1.807, 2.05) is 42.5 Å². The van der Waals surface area contributed by atoms with Gasteiger partial charge >= 0.3 is 0 Å². The Morgan fingerprint density at radius 2 is 1.90 bits per heavy atom. The monoisotopic (exact) mass is 287 g/mol. The van der Waals surface area contributed by atoms with Crippen LogP contribution in [0.1, 0.15) is 18.4 Å². The molecule has 5 nitrogen and oxygen atoms in total. The fourth-order valence-electron chi connectivity index (χ4n) is 2.46. The Labute approximate surface area is 124 Å². The normalized spacial score (nSPS) is 20.4. The third-order valence-corrected chi connectivity index (χ3v) is 3.59. The summed E-state index contributed by atoms with van der Waals surface area (Å²) in [4.78, 5) is 25.3. The maximum atomic E-state index is 12.6. The van der Waals surface area contributed by atoms with Crippen LogP contribution in [0.4, 0.5) is 0 Å². The van der Waals surface area contributed by atoms with E-state index >= 15 is 0 Å². The molecule has 2 atom stereocenters. The second-order valence-corrected chi connectivity index (χ2v) is 5.35. The number of primary amides is 1. The van der Waals surface area contributed by atoms with Gasteiger partial charge in [0.15, 0.2) is 0 Å². The second kappa shape index (κ2) is 7.04. The van der Waals surface area contributed by atoms with Gasteiger partial charge in [-0.15, -0.1) is 0 Å². The minimum atomic E-state index is -0.403. The molecule has 5 heteroatoms. The smallest absolute Gasteiger partial charge is 0.229 e. The van der Waals surface area contributed by atoms with Crippen molar-refractivity contribution in [1.29, 1.82) is 0 Å². The molecule has 2 amide bonds. The van der Waals surface area contributed by atoms with Crippen LogP contribution in [0, 0.1) is 5.92 Å². The van der Waals surface area contributed by atoms with Crippen molar-refractivity contribution < 1.29 is 9.59 Å². The van der Waals surface area contributed by atoms with Gasteiger partial charge in [0.1, 0.15) is 0 Å². The first-order valence-electron chi connectivity index (χ1n) is 7.11. The van der Waals surface area contributed by atoms with Crippen molar-refractivity contribution >= 4 is 11.8 Å². The van der Waals surface area contributed by atoms with Crippen molar-refractivity contribution in [3.8, 4) is 0 Å². The second-order valence-electron chi connectivity index (χ2n) is 5.35. The van der Waals surface area contributed by atoms with E-state index in [1.54, 1.807) is 4.90 Å². The van der Waals surface area contributed by atoms with Crippen LogP contribution in [0.3, 0.4) is 0 Å². The van der Waals surface area contributed by atoms with Gasteiger partial charge in [-0.2, -0.15) is 0 Å². The zero-order valence-corrected chi connectivity index (χ0v) is 11.9. The highest BCUT2D eigenvalue weighted by atomic mass is 16.2. The van der Waals surface area contributed by atoms with Gasteiger partial charge in [0.05, 0.1) is 5.92 Å². The summed E-state index contributed by atoms with van der Waals surface area (Å²) in [5, 5.41) is 0. The Bertz CT molecular complexity index is 528. The van der Waals surface area contributed by atoms with Gasteiger partial charge in [-0.25, -0.2) is 0 Å². The van der Waals surface area contributed by atoms with Crippen molar-refractivity contribution in [3.05, 3.63) is 48.0 Å². The molecule has 0 bridgehead atoms. The van der Waals surface area contributed by atoms with E-state index in [2.05, 4.69) is 0 Å². The van der Waals surface area contributed by atoms with E-state index < -0.39 is 5.91 Å². The lowest BCUT2D eigenvalue weighted by molar-refractivity contribution is -0.135. The van der Waals surface area contributed by atoms with Crippen LogP contribution in [0.15, 0.2) is 42.5 Å². The van der Waals surface area contributed by atoms with Gasteiger partial charge in [-0.05, 0) is 12.0 Å². The third-order valence-electron chi connectivity index (χ3n) is 3.59. The third kappa shape index (κ3) is 4.43. The van der Waals surface area contributed by atoms with Crippen LogP contribution in [0.5, 0.6) is 0 Å². The molecule has 2 unspecified atom stereocenters.